The number of rotatable bonds is 6. The topological polar surface area (TPSA) is 15.3 Å². The highest BCUT2D eigenvalue weighted by Gasteiger charge is 2.11. The molecule has 0 unspecified atom stereocenters. The summed E-state index contributed by atoms with van der Waals surface area (Å²) in [5.41, 5.74) is 1.64. The van der Waals surface area contributed by atoms with Gasteiger partial charge in [-0.15, -0.1) is 11.3 Å². The van der Waals surface area contributed by atoms with E-state index in [0.29, 0.717) is 0 Å². The average Bonchev–Trinajstić information content (AvgIpc) is 2.58. The summed E-state index contributed by atoms with van der Waals surface area (Å²) in [6.07, 6.45) is 8.06. The maximum absolute atomic E-state index is 3.57. The van der Waals surface area contributed by atoms with Crippen LogP contribution in [0.2, 0.25) is 0 Å². The van der Waals surface area contributed by atoms with Crippen molar-refractivity contribution in [3.63, 3.8) is 0 Å². The Balaban J connectivity index is 1.73. The van der Waals surface area contributed by atoms with Gasteiger partial charge in [-0.25, -0.2) is 0 Å². The summed E-state index contributed by atoms with van der Waals surface area (Å²) in [6.45, 7) is 3.36. The third-order valence-electron chi connectivity index (χ3n) is 3.56. The molecule has 3 heteroatoms. The number of aryl methyl sites for hydroxylation is 2. The van der Waals surface area contributed by atoms with E-state index in [9.17, 15) is 0 Å². The zero-order chi connectivity index (χ0) is 12.8. The Kier molecular flexibility index (Phi) is 5.67. The van der Waals surface area contributed by atoms with Gasteiger partial charge in [0.25, 0.3) is 0 Å². The summed E-state index contributed by atoms with van der Waals surface area (Å²) >= 11 is 2.04. The average molecular weight is 266 g/mol. The van der Waals surface area contributed by atoms with Crippen molar-refractivity contribution >= 4 is 11.3 Å². The molecule has 1 aliphatic rings. The SMILES string of the molecule is CN(C)CCCNCc1cc2c(s1)CCCCC2. The third kappa shape index (κ3) is 4.38. The fourth-order valence-electron chi connectivity index (χ4n) is 2.55. The van der Waals surface area contributed by atoms with E-state index in [1.807, 2.05) is 11.3 Å². The minimum Gasteiger partial charge on any atom is -0.312 e. The molecule has 0 bridgehead atoms. The Labute approximate surface area is 115 Å². The van der Waals surface area contributed by atoms with Crippen LogP contribution in [0.25, 0.3) is 0 Å². The first-order valence-corrected chi connectivity index (χ1v) is 8.03. The predicted octanol–water partition coefficient (Wildman–Crippen LogP) is 3.06. The van der Waals surface area contributed by atoms with Crippen LogP contribution in [0.4, 0.5) is 0 Å². The number of hydrogen-bond donors (Lipinski definition) is 1. The minimum absolute atomic E-state index is 1.06. The van der Waals surface area contributed by atoms with Crippen molar-refractivity contribution < 1.29 is 0 Å². The Hall–Kier alpha value is -0.380. The lowest BCUT2D eigenvalue weighted by molar-refractivity contribution is 0.394. The summed E-state index contributed by atoms with van der Waals surface area (Å²) < 4.78 is 0. The van der Waals surface area contributed by atoms with Crippen LogP contribution >= 0.6 is 11.3 Å². The molecule has 18 heavy (non-hydrogen) atoms. The van der Waals surface area contributed by atoms with Crippen LogP contribution in [0.3, 0.4) is 0 Å². The summed E-state index contributed by atoms with van der Waals surface area (Å²) in [5.74, 6) is 0. The summed E-state index contributed by atoms with van der Waals surface area (Å²) in [5, 5.41) is 3.57. The standard InChI is InChI=1S/C15H26N2S/c1-17(2)10-6-9-16-12-14-11-13-7-4-3-5-8-15(13)18-14/h11,16H,3-10,12H2,1-2H3. The van der Waals surface area contributed by atoms with Gasteiger partial charge in [0.1, 0.15) is 0 Å². The maximum Gasteiger partial charge on any atom is 0.0299 e. The lowest BCUT2D eigenvalue weighted by atomic mass is 10.1. The molecule has 0 atom stereocenters. The Morgan fingerprint density at radius 1 is 1.22 bits per heavy atom. The van der Waals surface area contributed by atoms with E-state index in [1.165, 1.54) is 49.9 Å². The summed E-state index contributed by atoms with van der Waals surface area (Å²) in [6, 6.07) is 2.45. The van der Waals surface area contributed by atoms with Crippen molar-refractivity contribution in [3.8, 4) is 0 Å². The van der Waals surface area contributed by atoms with Gasteiger partial charge in [0.05, 0.1) is 0 Å². The normalized spacial score (nSPS) is 15.7. The van der Waals surface area contributed by atoms with Crippen molar-refractivity contribution in [2.75, 3.05) is 27.2 Å². The quantitative estimate of drug-likeness (QED) is 0.629. The largest absolute Gasteiger partial charge is 0.312 e. The van der Waals surface area contributed by atoms with Gasteiger partial charge >= 0.3 is 0 Å². The molecular formula is C15H26N2S. The zero-order valence-electron chi connectivity index (χ0n) is 11.8. The van der Waals surface area contributed by atoms with E-state index in [2.05, 4.69) is 30.4 Å². The van der Waals surface area contributed by atoms with Crippen molar-refractivity contribution in [3.05, 3.63) is 21.4 Å². The third-order valence-corrected chi connectivity index (χ3v) is 4.79. The second kappa shape index (κ2) is 7.27. The molecule has 0 fully saturated rings. The van der Waals surface area contributed by atoms with E-state index in [4.69, 9.17) is 0 Å². The fourth-order valence-corrected chi connectivity index (χ4v) is 3.78. The van der Waals surface area contributed by atoms with Gasteiger partial charge in [-0.1, -0.05) is 6.42 Å². The first kappa shape index (κ1) is 14.0. The number of nitrogens with zero attached hydrogens (tertiary/aromatic N) is 1. The molecule has 2 nitrogen and oxygen atoms in total. The summed E-state index contributed by atoms with van der Waals surface area (Å²) in [7, 11) is 4.27. The van der Waals surface area contributed by atoms with E-state index >= 15 is 0 Å². The smallest absolute Gasteiger partial charge is 0.0299 e. The molecule has 0 saturated carbocycles. The molecule has 0 amide bonds. The predicted molar refractivity (Wildman–Crippen MR) is 80.5 cm³/mol. The number of thiophene rings is 1. The first-order valence-electron chi connectivity index (χ1n) is 7.21. The second-order valence-corrected chi connectivity index (χ2v) is 6.78. The molecule has 1 aliphatic carbocycles. The highest BCUT2D eigenvalue weighted by Crippen LogP contribution is 2.28. The fraction of sp³-hybridized carbons (Fsp3) is 0.733. The van der Waals surface area contributed by atoms with E-state index < -0.39 is 0 Å². The van der Waals surface area contributed by atoms with Gasteiger partial charge in [0, 0.05) is 16.3 Å². The van der Waals surface area contributed by atoms with Crippen molar-refractivity contribution in [1.29, 1.82) is 0 Å². The van der Waals surface area contributed by atoms with Crippen LogP contribution < -0.4 is 5.32 Å². The van der Waals surface area contributed by atoms with Gasteiger partial charge in [0.2, 0.25) is 0 Å². The Morgan fingerprint density at radius 2 is 2.06 bits per heavy atom. The molecular weight excluding hydrogens is 240 g/mol. The molecule has 1 aromatic heterocycles. The molecule has 102 valence electrons. The van der Waals surface area contributed by atoms with Crippen LogP contribution in [0.5, 0.6) is 0 Å². The summed E-state index contributed by atoms with van der Waals surface area (Å²) in [4.78, 5) is 5.44. The van der Waals surface area contributed by atoms with Crippen molar-refractivity contribution in [1.82, 2.24) is 10.2 Å². The Morgan fingerprint density at radius 3 is 2.89 bits per heavy atom. The highest BCUT2D eigenvalue weighted by atomic mass is 32.1. The molecule has 0 spiro atoms. The monoisotopic (exact) mass is 266 g/mol. The van der Waals surface area contributed by atoms with E-state index in [1.54, 1.807) is 10.4 Å². The van der Waals surface area contributed by atoms with Gasteiger partial charge in [-0.2, -0.15) is 0 Å². The Bertz CT molecular complexity index is 334. The molecule has 0 aliphatic heterocycles. The van der Waals surface area contributed by atoms with E-state index in [0.717, 1.165) is 13.1 Å². The van der Waals surface area contributed by atoms with Crippen LogP contribution in [-0.2, 0) is 19.4 Å². The van der Waals surface area contributed by atoms with Crippen LogP contribution in [0.1, 0.15) is 41.0 Å². The lowest BCUT2D eigenvalue weighted by Crippen LogP contribution is -2.20. The minimum atomic E-state index is 1.06. The molecule has 1 heterocycles. The number of hydrogen-bond acceptors (Lipinski definition) is 3. The molecule has 1 aromatic rings. The van der Waals surface area contributed by atoms with Gasteiger partial charge < -0.3 is 10.2 Å². The second-order valence-electron chi connectivity index (χ2n) is 5.56. The lowest BCUT2D eigenvalue weighted by Gasteiger charge is -2.09. The highest BCUT2D eigenvalue weighted by molar-refractivity contribution is 7.12. The van der Waals surface area contributed by atoms with Crippen LogP contribution in [0, 0.1) is 0 Å². The number of fused-ring (bicyclic) bond motifs is 1. The van der Waals surface area contributed by atoms with Crippen LogP contribution in [-0.4, -0.2) is 32.1 Å². The molecule has 1 N–H and O–H groups in total. The molecule has 0 aromatic carbocycles. The molecule has 0 saturated heterocycles. The van der Waals surface area contributed by atoms with Crippen LogP contribution in [0.15, 0.2) is 6.07 Å². The molecule has 0 radical (unpaired) electrons. The molecule has 2 rings (SSSR count). The van der Waals surface area contributed by atoms with Crippen molar-refractivity contribution in [2.45, 2.75) is 45.1 Å². The maximum atomic E-state index is 3.57. The van der Waals surface area contributed by atoms with Gasteiger partial charge in [-0.3, -0.25) is 0 Å². The zero-order valence-corrected chi connectivity index (χ0v) is 12.6. The van der Waals surface area contributed by atoms with E-state index in [-0.39, 0.29) is 0 Å². The van der Waals surface area contributed by atoms with Crippen molar-refractivity contribution in [2.24, 2.45) is 0 Å². The van der Waals surface area contributed by atoms with Gasteiger partial charge in [0.15, 0.2) is 0 Å². The van der Waals surface area contributed by atoms with Gasteiger partial charge in [-0.05, 0) is 70.9 Å². The first-order chi connectivity index (χ1) is 8.75. The number of nitrogens with one attached hydrogen (secondary N) is 1.